The molecule has 0 saturated carbocycles. The zero-order valence-corrected chi connectivity index (χ0v) is 12.0. The molecule has 0 aliphatic carbocycles. The summed E-state index contributed by atoms with van der Waals surface area (Å²) < 4.78 is 0. The van der Waals surface area contributed by atoms with E-state index in [0.29, 0.717) is 6.54 Å². The lowest BCUT2D eigenvalue weighted by atomic mass is 10.1. The molecule has 5 nitrogen and oxygen atoms in total. The van der Waals surface area contributed by atoms with Crippen LogP contribution in [0.3, 0.4) is 0 Å². The Balaban J connectivity index is 2.46. The Labute approximate surface area is 116 Å². The van der Waals surface area contributed by atoms with Gasteiger partial charge in [-0.3, -0.25) is 0 Å². The fraction of sp³-hybridized carbons (Fsp3) is 0.385. The summed E-state index contributed by atoms with van der Waals surface area (Å²) in [6, 6.07) is 3.47. The molecule has 0 atom stereocenters. The van der Waals surface area contributed by atoms with Gasteiger partial charge in [-0.2, -0.15) is 0 Å². The smallest absolute Gasteiger partial charge is 0.328 e. The molecule has 0 unspecified atom stereocenters. The fourth-order valence-corrected chi connectivity index (χ4v) is 2.14. The highest BCUT2D eigenvalue weighted by Gasteiger charge is 2.13. The molecule has 104 valence electrons. The maximum Gasteiger partial charge on any atom is 0.328 e. The summed E-state index contributed by atoms with van der Waals surface area (Å²) in [6.07, 6.45) is 2.63. The lowest BCUT2D eigenvalue weighted by Gasteiger charge is -2.20. The summed E-state index contributed by atoms with van der Waals surface area (Å²) in [5, 5.41) is 14.1. The molecule has 0 bridgehead atoms. The molecule has 0 saturated heterocycles. The van der Waals surface area contributed by atoms with Crippen LogP contribution in [-0.2, 0) is 11.3 Å². The number of nitrogens with one attached hydrogen (secondary N) is 2. The number of carbonyl (C=O) groups is 2. The third-order valence-electron chi connectivity index (χ3n) is 1.98. The Kier molecular flexibility index (Phi) is 5.11. The minimum Gasteiger partial charge on any atom is -0.478 e. The van der Waals surface area contributed by atoms with Crippen molar-refractivity contribution in [3.63, 3.8) is 0 Å². The molecular formula is C13H18N2O3S. The van der Waals surface area contributed by atoms with Crippen molar-refractivity contribution in [2.75, 3.05) is 0 Å². The number of rotatable bonds is 4. The predicted molar refractivity (Wildman–Crippen MR) is 76.1 cm³/mol. The van der Waals surface area contributed by atoms with Gasteiger partial charge >= 0.3 is 12.0 Å². The number of carboxylic acid groups (broad SMARTS) is 1. The highest BCUT2D eigenvalue weighted by atomic mass is 32.1. The van der Waals surface area contributed by atoms with Crippen molar-refractivity contribution in [2.45, 2.75) is 32.9 Å². The van der Waals surface area contributed by atoms with Crippen LogP contribution in [0.1, 0.15) is 30.5 Å². The first kappa shape index (κ1) is 15.2. The Morgan fingerprint density at radius 3 is 2.63 bits per heavy atom. The summed E-state index contributed by atoms with van der Waals surface area (Å²) in [4.78, 5) is 23.7. The highest BCUT2D eigenvalue weighted by molar-refractivity contribution is 7.12. The van der Waals surface area contributed by atoms with E-state index >= 15 is 0 Å². The van der Waals surface area contributed by atoms with E-state index in [1.807, 2.05) is 32.9 Å². The van der Waals surface area contributed by atoms with Crippen LogP contribution in [0.15, 0.2) is 18.2 Å². The van der Waals surface area contributed by atoms with Crippen LogP contribution in [0.4, 0.5) is 4.79 Å². The normalized spacial score (nSPS) is 11.5. The van der Waals surface area contributed by atoms with Crippen LogP contribution in [0.5, 0.6) is 0 Å². The number of aliphatic carboxylic acids is 1. The number of hydrogen-bond acceptors (Lipinski definition) is 3. The van der Waals surface area contributed by atoms with Gasteiger partial charge in [-0.05, 0) is 39.0 Å². The molecule has 3 N–H and O–H groups in total. The third kappa shape index (κ3) is 6.61. The molecule has 6 heteroatoms. The molecule has 1 aromatic rings. The monoisotopic (exact) mass is 282 g/mol. The molecule has 1 heterocycles. The minimum atomic E-state index is -0.974. The van der Waals surface area contributed by atoms with Gasteiger partial charge in [0.1, 0.15) is 0 Å². The van der Waals surface area contributed by atoms with E-state index in [2.05, 4.69) is 10.6 Å². The highest BCUT2D eigenvalue weighted by Crippen LogP contribution is 2.17. The largest absolute Gasteiger partial charge is 0.478 e. The molecule has 2 amide bonds. The molecule has 0 radical (unpaired) electrons. The lowest BCUT2D eigenvalue weighted by Crippen LogP contribution is -2.46. The molecule has 0 aliphatic rings. The molecule has 0 aromatic carbocycles. The van der Waals surface area contributed by atoms with Gasteiger partial charge in [0, 0.05) is 21.4 Å². The molecule has 19 heavy (non-hydrogen) atoms. The van der Waals surface area contributed by atoms with Crippen molar-refractivity contribution >= 4 is 29.4 Å². The van der Waals surface area contributed by atoms with Gasteiger partial charge < -0.3 is 15.7 Å². The van der Waals surface area contributed by atoms with Crippen molar-refractivity contribution in [1.82, 2.24) is 10.6 Å². The zero-order chi connectivity index (χ0) is 14.5. The summed E-state index contributed by atoms with van der Waals surface area (Å²) in [5.41, 5.74) is -0.269. The van der Waals surface area contributed by atoms with Crippen molar-refractivity contribution in [1.29, 1.82) is 0 Å². The van der Waals surface area contributed by atoms with E-state index in [9.17, 15) is 9.59 Å². The van der Waals surface area contributed by atoms with Crippen molar-refractivity contribution < 1.29 is 14.7 Å². The molecule has 0 aliphatic heterocycles. The second-order valence-electron chi connectivity index (χ2n) is 5.03. The average molecular weight is 282 g/mol. The predicted octanol–water partition coefficient (Wildman–Crippen LogP) is 2.44. The Morgan fingerprint density at radius 2 is 2.05 bits per heavy atom. The average Bonchev–Trinajstić information content (AvgIpc) is 2.69. The van der Waals surface area contributed by atoms with Crippen LogP contribution in [0.2, 0.25) is 0 Å². The number of thiophene rings is 1. The van der Waals surface area contributed by atoms with E-state index in [-0.39, 0.29) is 11.6 Å². The summed E-state index contributed by atoms with van der Waals surface area (Å²) in [5.74, 6) is -0.974. The number of urea groups is 1. The van der Waals surface area contributed by atoms with E-state index < -0.39 is 5.97 Å². The lowest BCUT2D eigenvalue weighted by molar-refractivity contribution is -0.131. The van der Waals surface area contributed by atoms with Crippen LogP contribution in [0, 0.1) is 0 Å². The van der Waals surface area contributed by atoms with Gasteiger partial charge in [0.05, 0.1) is 6.54 Å². The number of carboxylic acids is 1. The number of hydrogen-bond donors (Lipinski definition) is 3. The van der Waals surface area contributed by atoms with E-state index in [1.54, 1.807) is 0 Å². The molecule has 0 fully saturated rings. The second kappa shape index (κ2) is 6.38. The Bertz CT molecular complexity index is 486. The first-order chi connectivity index (χ1) is 8.76. The maximum absolute atomic E-state index is 11.5. The van der Waals surface area contributed by atoms with Crippen molar-refractivity contribution in [3.8, 4) is 0 Å². The first-order valence-electron chi connectivity index (χ1n) is 5.82. The Hall–Kier alpha value is -1.82. The van der Waals surface area contributed by atoms with Crippen LogP contribution in [-0.4, -0.2) is 22.6 Å². The Morgan fingerprint density at radius 1 is 1.37 bits per heavy atom. The SMILES string of the molecule is CC(C)(C)NC(=O)NCc1ccc(C=CC(=O)O)s1. The summed E-state index contributed by atoms with van der Waals surface area (Å²) >= 11 is 1.44. The molecular weight excluding hydrogens is 264 g/mol. The summed E-state index contributed by atoms with van der Waals surface area (Å²) in [6.45, 7) is 6.15. The van der Waals surface area contributed by atoms with E-state index in [1.165, 1.54) is 17.4 Å². The fourth-order valence-electron chi connectivity index (χ4n) is 1.28. The van der Waals surface area contributed by atoms with Gasteiger partial charge in [-0.15, -0.1) is 11.3 Å². The van der Waals surface area contributed by atoms with Crippen LogP contribution < -0.4 is 10.6 Å². The third-order valence-corrected chi connectivity index (χ3v) is 3.03. The minimum absolute atomic E-state index is 0.219. The summed E-state index contributed by atoms with van der Waals surface area (Å²) in [7, 11) is 0. The van der Waals surface area contributed by atoms with Gasteiger partial charge in [0.25, 0.3) is 0 Å². The van der Waals surface area contributed by atoms with Crippen molar-refractivity contribution in [2.24, 2.45) is 0 Å². The van der Waals surface area contributed by atoms with Crippen LogP contribution >= 0.6 is 11.3 Å². The molecule has 1 aromatic heterocycles. The first-order valence-corrected chi connectivity index (χ1v) is 6.64. The molecule has 1 rings (SSSR count). The quantitative estimate of drug-likeness (QED) is 0.742. The number of amides is 2. The van der Waals surface area contributed by atoms with E-state index in [4.69, 9.17) is 5.11 Å². The van der Waals surface area contributed by atoms with Gasteiger partial charge in [0.15, 0.2) is 0 Å². The molecule has 0 spiro atoms. The maximum atomic E-state index is 11.5. The topological polar surface area (TPSA) is 78.4 Å². The van der Waals surface area contributed by atoms with Crippen LogP contribution in [0.25, 0.3) is 6.08 Å². The van der Waals surface area contributed by atoms with Gasteiger partial charge in [-0.25, -0.2) is 9.59 Å². The van der Waals surface area contributed by atoms with Gasteiger partial charge in [0.2, 0.25) is 0 Å². The standard InChI is InChI=1S/C13H18N2O3S/c1-13(2,3)15-12(18)14-8-10-5-4-9(19-10)6-7-11(16)17/h4-7H,8H2,1-3H3,(H,16,17)(H2,14,15,18). The van der Waals surface area contributed by atoms with Crippen molar-refractivity contribution in [3.05, 3.63) is 28.0 Å². The number of carbonyl (C=O) groups excluding carboxylic acids is 1. The zero-order valence-electron chi connectivity index (χ0n) is 11.2. The second-order valence-corrected chi connectivity index (χ2v) is 6.23. The van der Waals surface area contributed by atoms with Gasteiger partial charge in [-0.1, -0.05) is 0 Å². The van der Waals surface area contributed by atoms with E-state index in [0.717, 1.165) is 15.8 Å².